The number of benzene rings is 4. The number of anilines is 1. The van der Waals surface area contributed by atoms with Crippen LogP contribution in [-0.2, 0) is 49.6 Å². The van der Waals surface area contributed by atoms with Crippen molar-refractivity contribution in [2.75, 3.05) is 31.4 Å². The fraction of sp³-hybridized carbons (Fsp3) is 0.471. The maximum Gasteiger partial charge on any atom is 0.330 e. The molecule has 0 atom stereocenters. The number of carbonyl (C=O) groups excluding carboxylic acids is 7. The lowest BCUT2D eigenvalue weighted by Crippen LogP contribution is -2.42. The third-order valence-electron chi connectivity index (χ3n) is 15.4. The minimum atomic E-state index is -0.499. The number of esters is 6. The van der Waals surface area contributed by atoms with E-state index in [-0.39, 0.29) is 42.3 Å². The number of hydrazine groups is 1. The van der Waals surface area contributed by atoms with Gasteiger partial charge >= 0.3 is 35.8 Å². The summed E-state index contributed by atoms with van der Waals surface area (Å²) in [6.45, 7) is 10.7. The fourth-order valence-corrected chi connectivity index (χ4v) is 11.3. The van der Waals surface area contributed by atoms with Crippen molar-refractivity contribution in [2.24, 2.45) is 23.7 Å². The summed E-state index contributed by atoms with van der Waals surface area (Å²) in [5.41, 5.74) is 4.49. The summed E-state index contributed by atoms with van der Waals surface area (Å²) in [6.07, 6.45) is 17.7. The molecule has 2 saturated carbocycles. The molecule has 4 aromatic carbocycles. The molecule has 1 heterocycles. The molecule has 2 aliphatic rings. The summed E-state index contributed by atoms with van der Waals surface area (Å²) in [6, 6.07) is 26.3. The van der Waals surface area contributed by atoms with Gasteiger partial charge in [0.05, 0.1) is 60.3 Å². The minimum Gasteiger partial charge on any atom is -0.494 e. The summed E-state index contributed by atoms with van der Waals surface area (Å²) >= 11 is 1.38. The van der Waals surface area contributed by atoms with Crippen molar-refractivity contribution < 1.29 is 71.5 Å². The van der Waals surface area contributed by atoms with Crippen molar-refractivity contribution in [1.29, 1.82) is 0 Å². The molecule has 1 aromatic heterocycles. The summed E-state index contributed by atoms with van der Waals surface area (Å²) < 4.78 is 46.3. The molecule has 19 heteroatoms. The van der Waals surface area contributed by atoms with E-state index in [0.29, 0.717) is 118 Å². The highest BCUT2D eigenvalue weighted by Crippen LogP contribution is 2.36. The van der Waals surface area contributed by atoms with Crippen molar-refractivity contribution >= 4 is 68.4 Å². The molecule has 0 aliphatic heterocycles. The van der Waals surface area contributed by atoms with Gasteiger partial charge in [0.1, 0.15) is 34.5 Å². The lowest BCUT2D eigenvalue weighted by atomic mass is 9.82. The van der Waals surface area contributed by atoms with Crippen LogP contribution in [0, 0.1) is 23.7 Å². The predicted molar refractivity (Wildman–Crippen MR) is 330 cm³/mol. The SMILES string of the molecule is C=CC(=O)OCCCCCCOc1ccc(OC(=O)[C@H]2CC[C@H](C(=O)Oc3ccc(OC(=O)[C@H]4CC[C@H](C(=O)Oc5ccc(OCCCCCCOC(=O)C=C)cc5)CC4)c(CNN(C(=O)CCCCCCC)c4nc5ccccc5s4)c3)CC2)cc1. The monoisotopic (exact) mass is 1210 g/mol. The van der Waals surface area contributed by atoms with Gasteiger partial charge in [-0.1, -0.05) is 69.2 Å². The first kappa shape index (κ1) is 66.6. The molecule has 0 radical (unpaired) electrons. The van der Waals surface area contributed by atoms with E-state index in [4.69, 9.17) is 42.9 Å². The molecule has 2 aliphatic carbocycles. The Hall–Kier alpha value is -7.90. The molecule has 0 spiro atoms. The first-order chi connectivity index (χ1) is 42.4. The number of nitrogens with zero attached hydrogens (tertiary/aromatic N) is 2. The maximum atomic E-state index is 14.1. The van der Waals surface area contributed by atoms with Crippen molar-refractivity contribution in [3.05, 3.63) is 122 Å². The average molecular weight is 1210 g/mol. The summed E-state index contributed by atoms with van der Waals surface area (Å²) in [4.78, 5) is 95.7. The second-order valence-corrected chi connectivity index (χ2v) is 23.0. The molecule has 1 amide bonds. The number of carbonyl (C=O) groups is 7. The van der Waals surface area contributed by atoms with Crippen LogP contribution < -0.4 is 38.9 Å². The number of amides is 1. The molecule has 0 saturated heterocycles. The Morgan fingerprint density at radius 3 is 1.43 bits per heavy atom. The lowest BCUT2D eigenvalue weighted by molar-refractivity contribution is -0.145. The van der Waals surface area contributed by atoms with E-state index in [1.54, 1.807) is 66.7 Å². The Bertz CT molecular complexity index is 3000. The minimum absolute atomic E-state index is 0.00262. The predicted octanol–water partition coefficient (Wildman–Crippen LogP) is 13.7. The van der Waals surface area contributed by atoms with Gasteiger partial charge in [0.25, 0.3) is 0 Å². The van der Waals surface area contributed by atoms with Crippen LogP contribution in [0.2, 0.25) is 0 Å². The Morgan fingerprint density at radius 1 is 0.517 bits per heavy atom. The Balaban J connectivity index is 0.921. The number of aromatic nitrogens is 1. The number of unbranched alkanes of at least 4 members (excludes halogenated alkanes) is 10. The number of para-hydroxylation sites is 1. The van der Waals surface area contributed by atoms with Crippen molar-refractivity contribution in [3.63, 3.8) is 0 Å². The third-order valence-corrected chi connectivity index (χ3v) is 16.4. The van der Waals surface area contributed by atoms with E-state index in [9.17, 15) is 33.6 Å². The number of thiazole rings is 1. The van der Waals surface area contributed by atoms with Gasteiger partial charge in [-0.15, -0.1) is 0 Å². The van der Waals surface area contributed by atoms with E-state index in [2.05, 4.69) is 25.5 Å². The van der Waals surface area contributed by atoms with Crippen LogP contribution in [0.25, 0.3) is 10.2 Å². The molecule has 0 unspecified atom stereocenters. The van der Waals surface area contributed by atoms with Crippen LogP contribution in [0.4, 0.5) is 5.13 Å². The normalized spacial score (nSPS) is 16.4. The zero-order chi connectivity index (χ0) is 61.6. The average Bonchev–Trinajstić information content (AvgIpc) is 3.07. The van der Waals surface area contributed by atoms with Gasteiger partial charge < -0.3 is 37.9 Å². The molecule has 466 valence electrons. The van der Waals surface area contributed by atoms with Crippen molar-refractivity contribution in [2.45, 2.75) is 155 Å². The quantitative estimate of drug-likeness (QED) is 0.0129. The number of nitrogens with one attached hydrogen (secondary N) is 1. The van der Waals surface area contributed by atoms with E-state index in [1.165, 1.54) is 16.3 Å². The second kappa shape index (κ2) is 36.3. The smallest absolute Gasteiger partial charge is 0.330 e. The largest absolute Gasteiger partial charge is 0.494 e. The van der Waals surface area contributed by atoms with Gasteiger partial charge in [0, 0.05) is 30.7 Å². The summed E-state index contributed by atoms with van der Waals surface area (Å²) in [5, 5.41) is 1.93. The van der Waals surface area contributed by atoms with Crippen LogP contribution in [0.15, 0.2) is 116 Å². The number of hydrogen-bond donors (Lipinski definition) is 1. The summed E-state index contributed by atoms with van der Waals surface area (Å²) in [7, 11) is 0. The number of hydrogen-bond acceptors (Lipinski definition) is 18. The van der Waals surface area contributed by atoms with Gasteiger partial charge in [-0.05, 0) is 188 Å². The van der Waals surface area contributed by atoms with E-state index >= 15 is 0 Å². The van der Waals surface area contributed by atoms with Crippen LogP contribution in [-0.4, -0.2) is 73.1 Å². The highest BCUT2D eigenvalue weighted by atomic mass is 32.1. The van der Waals surface area contributed by atoms with E-state index < -0.39 is 47.5 Å². The first-order valence-electron chi connectivity index (χ1n) is 30.8. The highest BCUT2D eigenvalue weighted by molar-refractivity contribution is 7.22. The molecule has 2 fully saturated rings. The van der Waals surface area contributed by atoms with Crippen LogP contribution >= 0.6 is 11.3 Å². The van der Waals surface area contributed by atoms with Gasteiger partial charge in [0.2, 0.25) is 11.0 Å². The van der Waals surface area contributed by atoms with Crippen molar-refractivity contribution in [3.8, 4) is 34.5 Å². The number of ether oxygens (including phenoxy) is 8. The van der Waals surface area contributed by atoms with Crippen molar-refractivity contribution in [1.82, 2.24) is 10.4 Å². The fourth-order valence-electron chi connectivity index (χ4n) is 10.3. The third kappa shape index (κ3) is 22.4. The van der Waals surface area contributed by atoms with Gasteiger partial charge in [-0.3, -0.25) is 24.0 Å². The topological polar surface area (TPSA) is 221 Å². The molecule has 0 bridgehead atoms. The molecule has 18 nitrogen and oxygen atoms in total. The van der Waals surface area contributed by atoms with Crippen LogP contribution in [0.3, 0.4) is 0 Å². The van der Waals surface area contributed by atoms with E-state index in [0.717, 1.165) is 99.4 Å². The number of rotatable bonds is 36. The molecule has 5 aromatic rings. The van der Waals surface area contributed by atoms with Gasteiger partial charge in [-0.25, -0.2) is 25.0 Å². The Morgan fingerprint density at radius 2 is 0.943 bits per heavy atom. The zero-order valence-corrected chi connectivity index (χ0v) is 50.9. The molecular formula is C68H83N3O15S. The molecule has 87 heavy (non-hydrogen) atoms. The Labute approximate surface area is 514 Å². The Kier molecular flexibility index (Phi) is 27.8. The van der Waals surface area contributed by atoms with E-state index in [1.807, 2.05) is 24.3 Å². The molecule has 1 N–H and O–H groups in total. The van der Waals surface area contributed by atoms with Crippen LogP contribution in [0.5, 0.6) is 34.5 Å². The summed E-state index contributed by atoms with van der Waals surface area (Å²) in [5.74, 6) is -1.89. The maximum absolute atomic E-state index is 14.1. The first-order valence-corrected chi connectivity index (χ1v) is 31.7. The standard InChI is InChI=1S/C68H83N3O15S/c1-4-7-8-9-14-23-61(72)71(68-70-58-21-15-16-22-60(58)87-68)69-47-52-46-57(85-66(77)50-26-24-48(25-27-50)64(75)83-55-36-32-53(33-37-55)79-42-17-10-12-19-44-81-62(73)5-2)40-41-59(52)86-67(78)51-30-28-49(29-31-51)65(76)84-56-38-34-54(35-39-56)80-43-18-11-13-20-45-82-63(74)6-3/h5-6,15-16,21-22,32-41,46,48-51,69H,2-4,7-14,17-20,23-31,42-45,47H2,1H3/t48-,49-,50-,51-. The van der Waals surface area contributed by atoms with Gasteiger partial charge in [-0.2, -0.15) is 0 Å². The lowest BCUT2D eigenvalue weighted by Gasteiger charge is -2.27. The highest BCUT2D eigenvalue weighted by Gasteiger charge is 2.34. The molecule has 7 rings (SSSR count). The van der Waals surface area contributed by atoms with Crippen LogP contribution in [0.1, 0.15) is 154 Å². The van der Waals surface area contributed by atoms with Gasteiger partial charge in [0.15, 0.2) is 0 Å². The number of fused-ring (bicyclic) bond motifs is 1. The molecular weight excluding hydrogens is 1130 g/mol. The second-order valence-electron chi connectivity index (χ2n) is 22.0. The zero-order valence-electron chi connectivity index (χ0n) is 50.1.